The molecule has 0 aliphatic carbocycles. The topological polar surface area (TPSA) is 124 Å². The van der Waals surface area contributed by atoms with E-state index in [0.717, 1.165) is 11.4 Å². The standard InChI is InChI=1S/C26H23ClN8O3/c27-19-3-7-21(8-4-19)35-23-22(13-31-35)25(37)33(15-28-23)14-26(38)9-11-32(12-10-26)24(36)18-1-5-20(6-2-18)34-16-29-30-17-34/h1-8,13,15-17,38H,9-12,14H2. The maximum Gasteiger partial charge on any atom is 0.264 e. The van der Waals surface area contributed by atoms with Crippen LogP contribution in [0.2, 0.25) is 5.02 Å². The van der Waals surface area contributed by atoms with Gasteiger partial charge in [-0.1, -0.05) is 11.6 Å². The molecule has 1 fully saturated rings. The fourth-order valence-corrected chi connectivity index (χ4v) is 4.85. The highest BCUT2D eigenvalue weighted by Crippen LogP contribution is 2.25. The summed E-state index contributed by atoms with van der Waals surface area (Å²) in [6, 6.07) is 14.3. The summed E-state index contributed by atoms with van der Waals surface area (Å²) in [6.45, 7) is 0.833. The fourth-order valence-electron chi connectivity index (χ4n) is 4.73. The Bertz CT molecular complexity index is 1650. The summed E-state index contributed by atoms with van der Waals surface area (Å²) in [4.78, 5) is 32.4. The van der Waals surface area contributed by atoms with Crippen molar-refractivity contribution in [3.8, 4) is 11.4 Å². The highest BCUT2D eigenvalue weighted by Gasteiger charge is 2.35. The minimum absolute atomic E-state index is 0.0799. The summed E-state index contributed by atoms with van der Waals surface area (Å²) in [5.41, 5.74) is 1.16. The van der Waals surface area contributed by atoms with Gasteiger partial charge in [0.1, 0.15) is 24.4 Å². The minimum atomic E-state index is -1.14. The Morgan fingerprint density at radius 3 is 2.29 bits per heavy atom. The number of carbonyl (C=O) groups excluding carboxylic acids is 1. The van der Waals surface area contributed by atoms with E-state index in [9.17, 15) is 14.7 Å². The van der Waals surface area contributed by atoms with E-state index in [1.807, 2.05) is 12.1 Å². The number of rotatable bonds is 5. The molecule has 12 heteroatoms. The van der Waals surface area contributed by atoms with Crippen molar-refractivity contribution in [1.82, 2.24) is 39.0 Å². The van der Waals surface area contributed by atoms with Crippen LogP contribution in [0.5, 0.6) is 0 Å². The van der Waals surface area contributed by atoms with Crippen LogP contribution < -0.4 is 5.56 Å². The lowest BCUT2D eigenvalue weighted by molar-refractivity contribution is -0.0299. The lowest BCUT2D eigenvalue weighted by Gasteiger charge is -2.38. The second kappa shape index (κ2) is 9.51. The number of fused-ring (bicyclic) bond motifs is 1. The van der Waals surface area contributed by atoms with Gasteiger partial charge in [0, 0.05) is 29.4 Å². The minimum Gasteiger partial charge on any atom is -0.388 e. The molecule has 1 amide bonds. The first kappa shape index (κ1) is 24.0. The van der Waals surface area contributed by atoms with Crippen LogP contribution in [0.3, 0.4) is 0 Å². The third-order valence-electron chi connectivity index (χ3n) is 6.90. The van der Waals surface area contributed by atoms with Gasteiger partial charge < -0.3 is 10.0 Å². The van der Waals surface area contributed by atoms with Crippen LogP contribution in [0.1, 0.15) is 23.2 Å². The SMILES string of the molecule is O=C(c1ccc(-n2cnnc2)cc1)N1CCC(O)(Cn2cnc3c(cnn3-c3ccc(Cl)cc3)c2=O)CC1. The summed E-state index contributed by atoms with van der Waals surface area (Å²) in [6.07, 6.45) is 6.78. The fraction of sp³-hybridized carbons (Fsp3) is 0.231. The average molecular weight is 531 g/mol. The Labute approximate surface area is 221 Å². The Kier molecular flexibility index (Phi) is 6.01. The summed E-state index contributed by atoms with van der Waals surface area (Å²) < 4.78 is 4.75. The van der Waals surface area contributed by atoms with E-state index in [4.69, 9.17) is 11.6 Å². The van der Waals surface area contributed by atoms with E-state index < -0.39 is 5.60 Å². The maximum absolute atomic E-state index is 13.2. The van der Waals surface area contributed by atoms with Crippen molar-refractivity contribution in [2.45, 2.75) is 25.0 Å². The van der Waals surface area contributed by atoms with Gasteiger partial charge in [-0.2, -0.15) is 5.10 Å². The second-order valence-corrected chi connectivity index (χ2v) is 9.82. The predicted molar refractivity (Wildman–Crippen MR) is 140 cm³/mol. The number of likely N-dealkylation sites (tertiary alicyclic amines) is 1. The molecule has 38 heavy (non-hydrogen) atoms. The molecule has 1 N–H and O–H groups in total. The van der Waals surface area contributed by atoms with E-state index in [-0.39, 0.29) is 18.0 Å². The zero-order chi connectivity index (χ0) is 26.3. The molecule has 0 atom stereocenters. The normalized spacial score (nSPS) is 15.2. The number of carbonyl (C=O) groups is 1. The van der Waals surface area contributed by atoms with Gasteiger partial charge in [0.15, 0.2) is 5.65 Å². The number of aromatic nitrogens is 7. The molecule has 0 radical (unpaired) electrons. The zero-order valence-electron chi connectivity index (χ0n) is 20.2. The van der Waals surface area contributed by atoms with Crippen molar-refractivity contribution >= 4 is 28.5 Å². The van der Waals surface area contributed by atoms with Gasteiger partial charge in [-0.05, 0) is 61.4 Å². The third kappa shape index (κ3) is 4.46. The molecule has 0 unspecified atom stereocenters. The third-order valence-corrected chi connectivity index (χ3v) is 7.15. The van der Waals surface area contributed by atoms with Crippen LogP contribution in [0.15, 0.2) is 78.5 Å². The predicted octanol–water partition coefficient (Wildman–Crippen LogP) is 2.48. The van der Waals surface area contributed by atoms with Gasteiger partial charge >= 0.3 is 0 Å². The van der Waals surface area contributed by atoms with Crippen LogP contribution in [0, 0.1) is 0 Å². The number of aliphatic hydroxyl groups is 1. The first-order valence-corrected chi connectivity index (χ1v) is 12.4. The molecule has 3 aromatic heterocycles. The number of amides is 1. The van der Waals surface area contributed by atoms with Gasteiger partial charge in [0.05, 0.1) is 24.0 Å². The number of piperidine rings is 1. The molecule has 4 heterocycles. The van der Waals surface area contributed by atoms with Crippen LogP contribution in [-0.4, -0.2) is 68.7 Å². The van der Waals surface area contributed by atoms with Gasteiger partial charge in [-0.25, -0.2) is 9.67 Å². The van der Waals surface area contributed by atoms with Crippen molar-refractivity contribution in [3.63, 3.8) is 0 Å². The van der Waals surface area contributed by atoms with Crippen LogP contribution in [0.25, 0.3) is 22.4 Å². The van der Waals surface area contributed by atoms with E-state index >= 15 is 0 Å². The number of hydrogen-bond donors (Lipinski definition) is 1. The number of hydrogen-bond acceptors (Lipinski definition) is 7. The molecule has 1 aliphatic rings. The molecule has 11 nitrogen and oxygen atoms in total. The first-order valence-electron chi connectivity index (χ1n) is 12.1. The lowest BCUT2D eigenvalue weighted by atomic mass is 9.91. The Balaban J connectivity index is 1.14. The summed E-state index contributed by atoms with van der Waals surface area (Å²) in [5.74, 6) is -0.0998. The molecule has 0 bridgehead atoms. The highest BCUT2D eigenvalue weighted by atomic mass is 35.5. The molecule has 2 aromatic carbocycles. The molecule has 0 spiro atoms. The Morgan fingerprint density at radius 1 is 0.947 bits per heavy atom. The van der Waals surface area contributed by atoms with E-state index in [1.54, 1.807) is 63.2 Å². The van der Waals surface area contributed by atoms with Gasteiger partial charge in [0.2, 0.25) is 0 Å². The Morgan fingerprint density at radius 2 is 1.61 bits per heavy atom. The largest absolute Gasteiger partial charge is 0.388 e. The lowest BCUT2D eigenvalue weighted by Crippen LogP contribution is -2.49. The maximum atomic E-state index is 13.2. The molecule has 5 aromatic rings. The summed E-state index contributed by atoms with van der Waals surface area (Å²) >= 11 is 5.97. The van der Waals surface area contributed by atoms with Crippen molar-refractivity contribution in [3.05, 3.63) is 94.6 Å². The van der Waals surface area contributed by atoms with Crippen molar-refractivity contribution in [2.24, 2.45) is 0 Å². The smallest absolute Gasteiger partial charge is 0.264 e. The molecule has 0 saturated carbocycles. The number of halogens is 1. The van der Waals surface area contributed by atoms with Crippen LogP contribution in [0.4, 0.5) is 0 Å². The highest BCUT2D eigenvalue weighted by molar-refractivity contribution is 6.30. The number of nitrogens with zero attached hydrogens (tertiary/aromatic N) is 8. The molecule has 192 valence electrons. The van der Waals surface area contributed by atoms with Crippen molar-refractivity contribution < 1.29 is 9.90 Å². The van der Waals surface area contributed by atoms with E-state index in [0.29, 0.717) is 47.6 Å². The molecular weight excluding hydrogens is 508 g/mol. The summed E-state index contributed by atoms with van der Waals surface area (Å²) in [5, 5.41) is 24.1. The van der Waals surface area contributed by atoms with E-state index in [2.05, 4.69) is 20.3 Å². The quantitative estimate of drug-likeness (QED) is 0.370. The number of benzene rings is 2. The molecule has 6 rings (SSSR count). The average Bonchev–Trinajstić information content (AvgIpc) is 3.62. The van der Waals surface area contributed by atoms with Crippen LogP contribution >= 0.6 is 11.6 Å². The van der Waals surface area contributed by atoms with Crippen LogP contribution in [-0.2, 0) is 6.54 Å². The monoisotopic (exact) mass is 530 g/mol. The van der Waals surface area contributed by atoms with Gasteiger partial charge in [-0.3, -0.25) is 18.7 Å². The van der Waals surface area contributed by atoms with Gasteiger partial charge in [-0.15, -0.1) is 10.2 Å². The first-order chi connectivity index (χ1) is 18.4. The molecule has 1 saturated heterocycles. The molecular formula is C26H23ClN8O3. The molecule has 1 aliphatic heterocycles. The van der Waals surface area contributed by atoms with E-state index in [1.165, 1.54) is 17.1 Å². The van der Waals surface area contributed by atoms with Crippen molar-refractivity contribution in [1.29, 1.82) is 0 Å². The Hall–Kier alpha value is -4.35. The van der Waals surface area contributed by atoms with Crippen molar-refractivity contribution in [2.75, 3.05) is 13.1 Å². The summed E-state index contributed by atoms with van der Waals surface area (Å²) in [7, 11) is 0. The zero-order valence-corrected chi connectivity index (χ0v) is 20.9. The van der Waals surface area contributed by atoms with Gasteiger partial charge in [0.25, 0.3) is 11.5 Å². The second-order valence-electron chi connectivity index (χ2n) is 9.38.